The van der Waals surface area contributed by atoms with E-state index in [2.05, 4.69) is 0 Å². The zero-order valence-corrected chi connectivity index (χ0v) is 11.7. The van der Waals surface area contributed by atoms with Crippen LogP contribution in [0.1, 0.15) is 19.4 Å². The quantitative estimate of drug-likeness (QED) is 0.665. The minimum absolute atomic E-state index is 0.252. The SMILES string of the molecule is CCOC(=O)C(C)Oc1ccc(C(N)=S)cc1Cl. The molecule has 0 fully saturated rings. The summed E-state index contributed by atoms with van der Waals surface area (Å²) < 4.78 is 10.2. The Morgan fingerprint density at radius 2 is 2.22 bits per heavy atom. The lowest BCUT2D eigenvalue weighted by atomic mass is 10.2. The number of thiocarbonyl (C=S) groups is 1. The van der Waals surface area contributed by atoms with E-state index in [9.17, 15) is 4.79 Å². The molecule has 1 aromatic carbocycles. The zero-order valence-electron chi connectivity index (χ0n) is 10.1. The molecule has 1 atom stereocenters. The predicted octanol–water partition coefficient (Wildman–Crippen LogP) is 2.30. The normalized spacial score (nSPS) is 11.7. The van der Waals surface area contributed by atoms with Crippen LogP contribution >= 0.6 is 23.8 Å². The van der Waals surface area contributed by atoms with Gasteiger partial charge in [-0.3, -0.25) is 0 Å². The summed E-state index contributed by atoms with van der Waals surface area (Å²) in [6.45, 7) is 3.63. The lowest BCUT2D eigenvalue weighted by Gasteiger charge is -2.14. The summed E-state index contributed by atoms with van der Waals surface area (Å²) in [5.74, 6) is -0.0517. The van der Waals surface area contributed by atoms with Gasteiger partial charge in [-0.1, -0.05) is 23.8 Å². The van der Waals surface area contributed by atoms with Gasteiger partial charge in [-0.25, -0.2) is 4.79 Å². The van der Waals surface area contributed by atoms with E-state index in [4.69, 9.17) is 39.0 Å². The Hall–Kier alpha value is -1.33. The van der Waals surface area contributed by atoms with Gasteiger partial charge in [0.15, 0.2) is 6.10 Å². The Labute approximate surface area is 116 Å². The van der Waals surface area contributed by atoms with E-state index < -0.39 is 12.1 Å². The summed E-state index contributed by atoms with van der Waals surface area (Å²) in [7, 11) is 0. The second-order valence-corrected chi connectivity index (χ2v) is 4.37. The molecule has 0 aromatic heterocycles. The number of hydrogen-bond acceptors (Lipinski definition) is 4. The third-order valence-electron chi connectivity index (χ3n) is 2.14. The summed E-state index contributed by atoms with van der Waals surface area (Å²) in [6, 6.07) is 4.89. The molecule has 6 heteroatoms. The van der Waals surface area contributed by atoms with Crippen LogP contribution in [0.15, 0.2) is 18.2 Å². The fraction of sp³-hybridized carbons (Fsp3) is 0.333. The monoisotopic (exact) mass is 287 g/mol. The molecule has 98 valence electrons. The summed E-state index contributed by atoms with van der Waals surface area (Å²) in [6.07, 6.45) is -0.724. The second kappa shape index (κ2) is 6.56. The van der Waals surface area contributed by atoms with Gasteiger partial charge in [0.1, 0.15) is 10.7 Å². The van der Waals surface area contributed by atoms with Gasteiger partial charge in [-0.2, -0.15) is 0 Å². The Morgan fingerprint density at radius 3 is 2.72 bits per heavy atom. The average Bonchev–Trinajstić information content (AvgIpc) is 2.31. The van der Waals surface area contributed by atoms with Crippen LogP contribution in [-0.2, 0) is 9.53 Å². The maximum Gasteiger partial charge on any atom is 0.347 e. The summed E-state index contributed by atoms with van der Waals surface area (Å²) in [5.41, 5.74) is 6.12. The van der Waals surface area contributed by atoms with Crippen molar-refractivity contribution in [2.24, 2.45) is 5.73 Å². The number of esters is 1. The molecule has 4 nitrogen and oxygen atoms in total. The van der Waals surface area contributed by atoms with E-state index in [-0.39, 0.29) is 4.99 Å². The van der Waals surface area contributed by atoms with Gasteiger partial charge in [0.25, 0.3) is 0 Å². The van der Waals surface area contributed by atoms with Gasteiger partial charge < -0.3 is 15.2 Å². The van der Waals surface area contributed by atoms with Gasteiger partial charge >= 0.3 is 5.97 Å². The van der Waals surface area contributed by atoms with Gasteiger partial charge in [0, 0.05) is 5.56 Å². The summed E-state index contributed by atoms with van der Waals surface area (Å²) in [4.78, 5) is 11.7. The molecule has 2 N–H and O–H groups in total. The highest BCUT2D eigenvalue weighted by atomic mass is 35.5. The molecule has 0 aliphatic rings. The lowest BCUT2D eigenvalue weighted by Crippen LogP contribution is -2.26. The number of carbonyl (C=O) groups excluding carboxylic acids is 1. The number of rotatable bonds is 5. The molecule has 1 aromatic rings. The molecular weight excluding hydrogens is 274 g/mol. The summed E-state index contributed by atoms with van der Waals surface area (Å²) >= 11 is 10.8. The first-order valence-corrected chi connectivity index (χ1v) is 6.17. The molecule has 0 saturated heterocycles. The lowest BCUT2D eigenvalue weighted by molar-refractivity contribution is -0.150. The van der Waals surface area contributed by atoms with Crippen molar-refractivity contribution >= 4 is 34.8 Å². The predicted molar refractivity (Wildman–Crippen MR) is 74.1 cm³/mol. The van der Waals surface area contributed by atoms with Crippen LogP contribution in [0.4, 0.5) is 0 Å². The van der Waals surface area contributed by atoms with E-state index in [1.807, 2.05) is 0 Å². The van der Waals surface area contributed by atoms with Crippen LogP contribution in [0.3, 0.4) is 0 Å². The van der Waals surface area contributed by atoms with E-state index in [0.717, 1.165) is 0 Å². The van der Waals surface area contributed by atoms with Crippen LogP contribution in [0.2, 0.25) is 5.02 Å². The first-order chi connectivity index (χ1) is 8.45. The smallest absolute Gasteiger partial charge is 0.347 e. The number of hydrogen-bond donors (Lipinski definition) is 1. The van der Waals surface area contributed by atoms with Crippen molar-refractivity contribution in [3.63, 3.8) is 0 Å². The third-order valence-corrected chi connectivity index (χ3v) is 2.67. The van der Waals surface area contributed by atoms with Crippen LogP contribution in [-0.4, -0.2) is 23.7 Å². The van der Waals surface area contributed by atoms with Crippen LogP contribution in [0.25, 0.3) is 0 Å². The van der Waals surface area contributed by atoms with E-state index >= 15 is 0 Å². The molecule has 0 saturated carbocycles. The first kappa shape index (κ1) is 14.7. The van der Waals surface area contributed by atoms with Crippen molar-refractivity contribution in [3.8, 4) is 5.75 Å². The highest BCUT2D eigenvalue weighted by Gasteiger charge is 2.17. The highest BCUT2D eigenvalue weighted by Crippen LogP contribution is 2.26. The maximum absolute atomic E-state index is 11.4. The number of nitrogens with two attached hydrogens (primary N) is 1. The van der Waals surface area contributed by atoms with E-state index in [0.29, 0.717) is 22.9 Å². The molecule has 0 aliphatic heterocycles. The van der Waals surface area contributed by atoms with Crippen molar-refractivity contribution in [1.29, 1.82) is 0 Å². The number of halogens is 1. The standard InChI is InChI=1S/C12H14ClNO3S/c1-3-16-12(15)7(2)17-10-5-4-8(11(14)18)6-9(10)13/h4-7H,3H2,1-2H3,(H2,14,18). The van der Waals surface area contributed by atoms with Crippen LogP contribution < -0.4 is 10.5 Å². The Bertz CT molecular complexity index is 465. The van der Waals surface area contributed by atoms with Gasteiger partial charge in [0.05, 0.1) is 11.6 Å². The van der Waals surface area contributed by atoms with Crippen molar-refractivity contribution in [2.75, 3.05) is 6.61 Å². The largest absolute Gasteiger partial charge is 0.477 e. The van der Waals surface area contributed by atoms with Gasteiger partial charge in [0.2, 0.25) is 0 Å². The van der Waals surface area contributed by atoms with Gasteiger partial charge in [-0.15, -0.1) is 0 Å². The third kappa shape index (κ3) is 3.85. The fourth-order valence-electron chi connectivity index (χ4n) is 1.25. The Kier molecular flexibility index (Phi) is 5.37. The molecule has 0 amide bonds. The van der Waals surface area contributed by atoms with Crippen molar-refractivity contribution < 1.29 is 14.3 Å². The van der Waals surface area contributed by atoms with Crippen molar-refractivity contribution in [2.45, 2.75) is 20.0 Å². The molecule has 1 rings (SSSR count). The van der Waals surface area contributed by atoms with Crippen LogP contribution in [0.5, 0.6) is 5.75 Å². The fourth-order valence-corrected chi connectivity index (χ4v) is 1.60. The van der Waals surface area contributed by atoms with Crippen LogP contribution in [0, 0.1) is 0 Å². The number of ether oxygens (including phenoxy) is 2. The molecule has 0 spiro atoms. The molecule has 0 heterocycles. The summed E-state index contributed by atoms with van der Waals surface area (Å²) in [5, 5.41) is 0.344. The molecule has 1 unspecified atom stereocenters. The second-order valence-electron chi connectivity index (χ2n) is 3.52. The van der Waals surface area contributed by atoms with Crippen molar-refractivity contribution in [1.82, 2.24) is 0 Å². The maximum atomic E-state index is 11.4. The van der Waals surface area contributed by atoms with Gasteiger partial charge in [-0.05, 0) is 32.0 Å². The Balaban J connectivity index is 2.79. The molecular formula is C12H14ClNO3S. The highest BCUT2D eigenvalue weighted by molar-refractivity contribution is 7.80. The van der Waals surface area contributed by atoms with E-state index in [1.54, 1.807) is 32.0 Å². The minimum Gasteiger partial charge on any atom is -0.477 e. The molecule has 0 bridgehead atoms. The molecule has 18 heavy (non-hydrogen) atoms. The first-order valence-electron chi connectivity index (χ1n) is 5.38. The number of carbonyl (C=O) groups is 1. The minimum atomic E-state index is -0.724. The average molecular weight is 288 g/mol. The van der Waals surface area contributed by atoms with Crippen molar-refractivity contribution in [3.05, 3.63) is 28.8 Å². The zero-order chi connectivity index (χ0) is 13.7. The Morgan fingerprint density at radius 1 is 1.56 bits per heavy atom. The molecule has 0 radical (unpaired) electrons. The number of benzene rings is 1. The van der Waals surface area contributed by atoms with E-state index in [1.165, 1.54) is 0 Å². The topological polar surface area (TPSA) is 61.5 Å². The molecule has 0 aliphatic carbocycles.